The number of benzene rings is 4. The summed E-state index contributed by atoms with van der Waals surface area (Å²) in [6.07, 6.45) is 1.04. The lowest BCUT2D eigenvalue weighted by molar-refractivity contribution is -0.136. The van der Waals surface area contributed by atoms with Crippen molar-refractivity contribution in [1.82, 2.24) is 15.2 Å². The molecule has 0 spiro atoms. The maximum atomic E-state index is 13.3. The third-order valence-electron chi connectivity index (χ3n) is 11.1. The standard InChI is InChI=1S/C47H46N6O9S/c1-28-7-3-4-10-34(28)44(57)52-19-17-31-27-32(13-14-37(31)52)42-29(2)63-47(51-42)50-40(55)26-30-8-5-9-33(25-30)62-24-23-61-22-21-60-20-18-48-36-12-6-11-35-41(36)46(59)53(45(35)58)38-15-16-39(54)49-43(38)56/h3-14,25,27,38,48H,15-24,26H2,1-2H3,(H,49,54,56)(H,50,51,55). The number of aryl methyl sites for hydroxylation is 2. The first-order valence-electron chi connectivity index (χ1n) is 20.8. The molecule has 3 aliphatic rings. The van der Waals surface area contributed by atoms with E-state index in [0.29, 0.717) is 68.3 Å². The summed E-state index contributed by atoms with van der Waals surface area (Å²) in [6.45, 7) is 6.48. The molecule has 15 nitrogen and oxygen atoms in total. The van der Waals surface area contributed by atoms with Crippen LogP contribution in [0.4, 0.5) is 16.5 Å². The third-order valence-corrected chi connectivity index (χ3v) is 12.0. The molecule has 16 heteroatoms. The minimum absolute atomic E-state index is 0.00242. The fourth-order valence-electron chi connectivity index (χ4n) is 7.99. The number of nitrogens with zero attached hydrogens (tertiary/aromatic N) is 3. The van der Waals surface area contributed by atoms with Gasteiger partial charge in [-0.1, -0.05) is 42.5 Å². The van der Waals surface area contributed by atoms with E-state index in [1.807, 2.05) is 79.4 Å². The van der Waals surface area contributed by atoms with Crippen molar-refractivity contribution in [1.29, 1.82) is 0 Å². The quantitative estimate of drug-likeness (QED) is 0.0765. The summed E-state index contributed by atoms with van der Waals surface area (Å²) in [5.74, 6) is -1.80. The number of piperidine rings is 1. The van der Waals surface area contributed by atoms with Crippen LogP contribution in [0.1, 0.15) is 65.5 Å². The summed E-state index contributed by atoms with van der Waals surface area (Å²) in [4.78, 5) is 85.2. The molecule has 0 bridgehead atoms. The molecular weight excluding hydrogens is 825 g/mol. The minimum Gasteiger partial charge on any atom is -0.491 e. The van der Waals surface area contributed by atoms with Gasteiger partial charge in [-0.05, 0) is 85.8 Å². The van der Waals surface area contributed by atoms with E-state index in [4.69, 9.17) is 19.2 Å². The Labute approximate surface area is 367 Å². The van der Waals surface area contributed by atoms with Gasteiger partial charge >= 0.3 is 0 Å². The van der Waals surface area contributed by atoms with E-state index >= 15 is 0 Å². The first kappa shape index (κ1) is 42.9. The van der Waals surface area contributed by atoms with E-state index in [1.54, 1.807) is 18.2 Å². The van der Waals surface area contributed by atoms with Crippen molar-refractivity contribution in [3.05, 3.63) is 123 Å². The van der Waals surface area contributed by atoms with Gasteiger partial charge in [-0.25, -0.2) is 4.98 Å². The highest BCUT2D eigenvalue weighted by atomic mass is 32.1. The smallest absolute Gasteiger partial charge is 0.264 e. The molecule has 5 aromatic rings. The summed E-state index contributed by atoms with van der Waals surface area (Å²) >= 11 is 1.42. The topological polar surface area (TPSA) is 186 Å². The number of amides is 6. The van der Waals surface area contributed by atoms with Crippen LogP contribution in [0.25, 0.3) is 11.3 Å². The number of rotatable bonds is 17. The second kappa shape index (κ2) is 19.1. The average molecular weight is 871 g/mol. The summed E-state index contributed by atoms with van der Waals surface area (Å²) < 4.78 is 17.2. The summed E-state index contributed by atoms with van der Waals surface area (Å²) in [6, 6.07) is 24.9. The normalized spacial score (nSPS) is 15.6. The van der Waals surface area contributed by atoms with Crippen molar-refractivity contribution < 1.29 is 43.0 Å². The van der Waals surface area contributed by atoms with E-state index in [9.17, 15) is 28.8 Å². The van der Waals surface area contributed by atoms with Crippen LogP contribution in [0.15, 0.2) is 84.9 Å². The van der Waals surface area contributed by atoms with Crippen LogP contribution in [0, 0.1) is 13.8 Å². The number of fused-ring (bicyclic) bond motifs is 2. The third kappa shape index (κ3) is 9.52. The maximum absolute atomic E-state index is 13.3. The molecule has 63 heavy (non-hydrogen) atoms. The SMILES string of the molecule is Cc1ccccc1C(=O)N1CCc2cc(-c3nc(NC(=O)Cc4cccc(OCCOCCOCCNc5cccc6c5C(=O)N(C5CCC(=O)NC5=O)C6=O)c4)sc3C)ccc21. The van der Waals surface area contributed by atoms with E-state index in [1.165, 1.54) is 11.3 Å². The number of carbonyl (C=O) groups is 6. The molecule has 0 saturated carbocycles. The summed E-state index contributed by atoms with van der Waals surface area (Å²) in [5.41, 5.74) is 7.05. The zero-order chi connectivity index (χ0) is 44.0. The van der Waals surface area contributed by atoms with Crippen LogP contribution in [-0.2, 0) is 36.7 Å². The van der Waals surface area contributed by atoms with Gasteiger partial charge in [-0.3, -0.25) is 39.0 Å². The molecule has 324 valence electrons. The number of imide groups is 2. The van der Waals surface area contributed by atoms with Gasteiger partial charge in [0, 0.05) is 46.9 Å². The minimum atomic E-state index is -1.03. The van der Waals surface area contributed by atoms with Crippen molar-refractivity contribution in [2.24, 2.45) is 0 Å². The molecule has 1 atom stereocenters. The molecule has 1 fully saturated rings. The molecule has 4 aromatic carbocycles. The Balaban J connectivity index is 0.732. The van der Waals surface area contributed by atoms with Gasteiger partial charge in [0.25, 0.3) is 17.7 Å². The van der Waals surface area contributed by atoms with Gasteiger partial charge in [-0.2, -0.15) is 0 Å². The molecule has 1 saturated heterocycles. The van der Waals surface area contributed by atoms with Gasteiger partial charge in [0.15, 0.2) is 5.13 Å². The van der Waals surface area contributed by atoms with E-state index in [0.717, 1.165) is 49.8 Å². The van der Waals surface area contributed by atoms with Crippen LogP contribution in [0.2, 0.25) is 0 Å². The number of carbonyl (C=O) groups excluding carboxylic acids is 6. The highest BCUT2D eigenvalue weighted by Gasteiger charge is 2.45. The Morgan fingerprint density at radius 1 is 0.857 bits per heavy atom. The monoisotopic (exact) mass is 870 g/mol. The molecule has 1 aromatic heterocycles. The predicted octanol–water partition coefficient (Wildman–Crippen LogP) is 5.74. The predicted molar refractivity (Wildman–Crippen MR) is 236 cm³/mol. The number of hydrogen-bond acceptors (Lipinski definition) is 12. The van der Waals surface area contributed by atoms with Gasteiger partial charge in [-0.15, -0.1) is 11.3 Å². The van der Waals surface area contributed by atoms with Crippen LogP contribution >= 0.6 is 11.3 Å². The lowest BCUT2D eigenvalue weighted by atomic mass is 10.0. The molecule has 3 N–H and O–H groups in total. The van der Waals surface area contributed by atoms with E-state index in [2.05, 4.69) is 22.0 Å². The van der Waals surface area contributed by atoms with Crippen molar-refractivity contribution in [2.75, 3.05) is 61.7 Å². The molecular formula is C47H46N6O9S. The lowest BCUT2D eigenvalue weighted by Crippen LogP contribution is -2.54. The van der Waals surface area contributed by atoms with Crippen molar-refractivity contribution in [3.8, 4) is 17.0 Å². The van der Waals surface area contributed by atoms with E-state index < -0.39 is 29.7 Å². The van der Waals surface area contributed by atoms with Gasteiger partial charge in [0.05, 0.1) is 49.7 Å². The number of hydrogen-bond donors (Lipinski definition) is 3. The molecule has 0 aliphatic carbocycles. The second-order valence-corrected chi connectivity index (χ2v) is 16.5. The van der Waals surface area contributed by atoms with Gasteiger partial charge in [0.1, 0.15) is 18.4 Å². The highest BCUT2D eigenvalue weighted by Crippen LogP contribution is 2.37. The molecule has 1 unspecified atom stereocenters. The Kier molecular flexibility index (Phi) is 13.0. The highest BCUT2D eigenvalue weighted by molar-refractivity contribution is 7.16. The molecule has 6 amide bonds. The number of ether oxygens (including phenoxy) is 3. The fraction of sp³-hybridized carbons (Fsp3) is 0.298. The Morgan fingerprint density at radius 2 is 1.65 bits per heavy atom. The van der Waals surface area contributed by atoms with Gasteiger partial charge in [0.2, 0.25) is 17.7 Å². The zero-order valence-corrected chi connectivity index (χ0v) is 35.7. The van der Waals surface area contributed by atoms with Gasteiger partial charge < -0.3 is 29.7 Å². The van der Waals surface area contributed by atoms with Crippen LogP contribution in [-0.4, -0.2) is 97.5 Å². The van der Waals surface area contributed by atoms with Crippen LogP contribution in [0.3, 0.4) is 0 Å². The first-order valence-corrected chi connectivity index (χ1v) is 21.6. The summed E-state index contributed by atoms with van der Waals surface area (Å²) in [7, 11) is 0. The van der Waals surface area contributed by atoms with Crippen LogP contribution < -0.4 is 25.6 Å². The van der Waals surface area contributed by atoms with Crippen LogP contribution in [0.5, 0.6) is 5.75 Å². The molecule has 3 aliphatic heterocycles. The molecule has 0 radical (unpaired) electrons. The lowest BCUT2D eigenvalue weighted by Gasteiger charge is -2.27. The zero-order valence-electron chi connectivity index (χ0n) is 34.9. The Morgan fingerprint density at radius 3 is 2.48 bits per heavy atom. The van der Waals surface area contributed by atoms with E-state index in [-0.39, 0.29) is 42.2 Å². The molecule has 8 rings (SSSR count). The average Bonchev–Trinajstić information content (AvgIpc) is 3.94. The van der Waals surface area contributed by atoms with Crippen molar-refractivity contribution in [2.45, 2.75) is 45.6 Å². The van der Waals surface area contributed by atoms with Crippen molar-refractivity contribution >= 4 is 63.3 Å². The first-order chi connectivity index (χ1) is 30.5. The number of aromatic nitrogens is 1. The number of thiazole rings is 1. The molecule has 4 heterocycles. The van der Waals surface area contributed by atoms with Crippen molar-refractivity contribution in [3.63, 3.8) is 0 Å². The largest absolute Gasteiger partial charge is 0.491 e. The summed E-state index contributed by atoms with van der Waals surface area (Å²) in [5, 5.41) is 8.81. The maximum Gasteiger partial charge on any atom is 0.264 e. The Hall–Kier alpha value is -6.75. The Bertz CT molecular complexity index is 2610. The fourth-order valence-corrected chi connectivity index (χ4v) is 8.84. The second-order valence-electron chi connectivity index (χ2n) is 15.3. The number of nitrogens with one attached hydrogen (secondary N) is 3. The number of anilines is 3.